The van der Waals surface area contributed by atoms with Crippen molar-refractivity contribution in [1.29, 1.82) is 0 Å². The number of H-pyrrole nitrogens is 1. The number of nitrogens with one attached hydrogen (secondary N) is 1. The molecule has 0 saturated heterocycles. The minimum Gasteiger partial charge on any atom is -0.396 e. The molecule has 7 nitrogen and oxygen atoms in total. The maximum Gasteiger partial charge on any atom is 0.150 e. The van der Waals surface area contributed by atoms with Gasteiger partial charge in [0, 0.05) is 37.2 Å². The molecule has 0 radical (unpaired) electrons. The molecule has 0 aliphatic carbocycles. The van der Waals surface area contributed by atoms with Crippen LogP contribution in [0.4, 0.5) is 5.82 Å². The zero-order chi connectivity index (χ0) is 16.7. The molecule has 4 rings (SSSR count). The lowest BCUT2D eigenvalue weighted by atomic mass is 10.1. The van der Waals surface area contributed by atoms with Crippen molar-refractivity contribution in [1.82, 2.24) is 24.7 Å². The minimum atomic E-state index is 0.139. The summed E-state index contributed by atoms with van der Waals surface area (Å²) in [6, 6.07) is 6.06. The number of aliphatic hydroxyl groups excluding tert-OH is 1. The molecule has 24 heavy (non-hydrogen) atoms. The van der Waals surface area contributed by atoms with Crippen LogP contribution in [-0.2, 0) is 13.5 Å². The van der Waals surface area contributed by atoms with Crippen LogP contribution in [-0.4, -0.2) is 36.4 Å². The average molecular weight is 322 g/mol. The molecule has 0 spiro atoms. The molecule has 4 N–H and O–H groups in total. The van der Waals surface area contributed by atoms with E-state index in [1.54, 1.807) is 4.68 Å². The molecule has 0 saturated carbocycles. The van der Waals surface area contributed by atoms with Crippen LogP contribution in [0.5, 0.6) is 0 Å². The average Bonchev–Trinajstić information content (AvgIpc) is 3.19. The second-order valence-electron chi connectivity index (χ2n) is 5.87. The fourth-order valence-electron chi connectivity index (χ4n) is 2.93. The zero-order valence-corrected chi connectivity index (χ0v) is 13.3. The van der Waals surface area contributed by atoms with E-state index < -0.39 is 0 Å². The molecule has 0 unspecified atom stereocenters. The lowest BCUT2D eigenvalue weighted by Crippen LogP contribution is -1.93. The number of nitrogens with zero attached hydrogens (tertiary/aromatic N) is 4. The third-order valence-electron chi connectivity index (χ3n) is 4.11. The first-order chi connectivity index (χ1) is 11.7. The first kappa shape index (κ1) is 14.6. The van der Waals surface area contributed by atoms with E-state index >= 15 is 0 Å². The van der Waals surface area contributed by atoms with E-state index in [0.717, 1.165) is 38.9 Å². The first-order valence-electron chi connectivity index (χ1n) is 7.83. The van der Waals surface area contributed by atoms with Gasteiger partial charge in [0.05, 0.1) is 11.7 Å². The highest BCUT2D eigenvalue weighted by Crippen LogP contribution is 2.29. The molecule has 0 amide bonds. The molecule has 3 heterocycles. The van der Waals surface area contributed by atoms with E-state index in [1.807, 2.05) is 37.6 Å². The molecular weight excluding hydrogens is 304 g/mol. The highest BCUT2D eigenvalue weighted by atomic mass is 16.2. The van der Waals surface area contributed by atoms with Crippen LogP contribution in [0.2, 0.25) is 0 Å². The number of fused-ring (bicyclic) bond motifs is 3. The molecule has 7 heteroatoms. The molecule has 0 fully saturated rings. The third-order valence-corrected chi connectivity index (χ3v) is 4.11. The number of aliphatic hydroxyl groups is 1. The Hall–Kier alpha value is -2.93. The van der Waals surface area contributed by atoms with E-state index in [4.69, 9.17) is 10.8 Å². The topological polar surface area (TPSA) is 106 Å². The fraction of sp³-hybridized carbons (Fsp3) is 0.235. The van der Waals surface area contributed by atoms with Crippen LogP contribution in [0.25, 0.3) is 33.1 Å². The van der Waals surface area contributed by atoms with Gasteiger partial charge in [-0.25, -0.2) is 9.97 Å². The van der Waals surface area contributed by atoms with Gasteiger partial charge < -0.3 is 15.8 Å². The van der Waals surface area contributed by atoms with Crippen LogP contribution in [0, 0.1) is 0 Å². The summed E-state index contributed by atoms with van der Waals surface area (Å²) in [6.45, 7) is 0.139. The van der Waals surface area contributed by atoms with Crippen molar-refractivity contribution in [2.45, 2.75) is 12.8 Å². The van der Waals surface area contributed by atoms with Crippen LogP contribution >= 0.6 is 0 Å². The standard InChI is InChI=1S/C17H18N6O/c1-23-9-11(8-19-23)10-4-5-12-13(7-10)20-17(18)16-15(12)21-14(22-16)3-2-6-24/h4-5,7-9,24H,2-3,6H2,1H3,(H2,18,20)(H,21,22). The molecule has 0 bridgehead atoms. The minimum absolute atomic E-state index is 0.139. The Morgan fingerprint density at radius 1 is 1.25 bits per heavy atom. The Morgan fingerprint density at radius 3 is 2.88 bits per heavy atom. The molecular formula is C17H18N6O. The SMILES string of the molecule is Cn1cc(-c2ccc3c(c2)nc(N)c2[nH]c(CCCO)nc23)cn1. The number of aromatic amines is 1. The number of aromatic nitrogens is 5. The number of anilines is 1. The van der Waals surface area contributed by atoms with Gasteiger partial charge in [0.1, 0.15) is 22.7 Å². The van der Waals surface area contributed by atoms with Gasteiger partial charge in [0.15, 0.2) is 0 Å². The number of benzene rings is 1. The molecule has 0 aliphatic rings. The number of imidazole rings is 1. The number of pyridine rings is 1. The lowest BCUT2D eigenvalue weighted by molar-refractivity contribution is 0.287. The maximum atomic E-state index is 8.98. The summed E-state index contributed by atoms with van der Waals surface area (Å²) in [6.07, 6.45) is 5.13. The fourth-order valence-corrected chi connectivity index (χ4v) is 2.93. The lowest BCUT2D eigenvalue weighted by Gasteiger charge is -2.04. The van der Waals surface area contributed by atoms with E-state index in [9.17, 15) is 0 Å². The predicted octanol–water partition coefficient (Wildman–Crippen LogP) is 2.02. The Kier molecular flexibility index (Phi) is 3.42. The van der Waals surface area contributed by atoms with Crippen molar-refractivity contribution in [2.75, 3.05) is 12.3 Å². The van der Waals surface area contributed by atoms with Gasteiger partial charge in [0.25, 0.3) is 0 Å². The summed E-state index contributed by atoms with van der Waals surface area (Å²) in [5.74, 6) is 1.25. The van der Waals surface area contributed by atoms with E-state index in [-0.39, 0.29) is 6.61 Å². The van der Waals surface area contributed by atoms with Crippen molar-refractivity contribution in [3.05, 3.63) is 36.4 Å². The number of hydrogen-bond donors (Lipinski definition) is 3. The van der Waals surface area contributed by atoms with Gasteiger partial charge in [-0.15, -0.1) is 0 Å². The highest BCUT2D eigenvalue weighted by Gasteiger charge is 2.12. The molecule has 122 valence electrons. The normalized spacial score (nSPS) is 11.6. The molecule has 4 aromatic rings. The van der Waals surface area contributed by atoms with Gasteiger partial charge in [-0.1, -0.05) is 6.07 Å². The van der Waals surface area contributed by atoms with Gasteiger partial charge in [-0.2, -0.15) is 5.10 Å². The van der Waals surface area contributed by atoms with E-state index in [0.29, 0.717) is 18.7 Å². The second kappa shape index (κ2) is 5.61. The molecule has 0 atom stereocenters. The number of aryl methyl sites for hydroxylation is 2. The summed E-state index contributed by atoms with van der Waals surface area (Å²) in [4.78, 5) is 12.4. The Labute approximate surface area is 138 Å². The van der Waals surface area contributed by atoms with E-state index in [2.05, 4.69) is 20.1 Å². The maximum absolute atomic E-state index is 8.98. The Bertz CT molecular complexity index is 1030. The van der Waals surface area contributed by atoms with Crippen LogP contribution in [0.15, 0.2) is 30.6 Å². The summed E-state index contributed by atoms with van der Waals surface area (Å²) >= 11 is 0. The molecule has 0 aliphatic heterocycles. The van der Waals surface area contributed by atoms with Gasteiger partial charge in [0.2, 0.25) is 0 Å². The quantitative estimate of drug-likeness (QED) is 0.533. The monoisotopic (exact) mass is 322 g/mol. The number of hydrogen-bond acceptors (Lipinski definition) is 5. The van der Waals surface area contributed by atoms with Crippen molar-refractivity contribution in [2.24, 2.45) is 7.05 Å². The van der Waals surface area contributed by atoms with Crippen molar-refractivity contribution in [3.63, 3.8) is 0 Å². The number of rotatable bonds is 4. The Balaban J connectivity index is 1.87. The van der Waals surface area contributed by atoms with Gasteiger partial charge >= 0.3 is 0 Å². The third kappa shape index (κ3) is 2.39. The van der Waals surface area contributed by atoms with Crippen molar-refractivity contribution >= 4 is 27.8 Å². The zero-order valence-electron chi connectivity index (χ0n) is 13.3. The summed E-state index contributed by atoms with van der Waals surface area (Å²) in [5, 5.41) is 14.1. The number of nitrogen functional groups attached to an aromatic ring is 1. The smallest absolute Gasteiger partial charge is 0.150 e. The Morgan fingerprint density at radius 2 is 2.12 bits per heavy atom. The van der Waals surface area contributed by atoms with Gasteiger partial charge in [-0.3, -0.25) is 4.68 Å². The summed E-state index contributed by atoms with van der Waals surface area (Å²) in [5.41, 5.74) is 10.6. The summed E-state index contributed by atoms with van der Waals surface area (Å²) in [7, 11) is 1.89. The van der Waals surface area contributed by atoms with Crippen LogP contribution < -0.4 is 5.73 Å². The summed E-state index contributed by atoms with van der Waals surface area (Å²) < 4.78 is 1.77. The van der Waals surface area contributed by atoms with E-state index in [1.165, 1.54) is 0 Å². The highest BCUT2D eigenvalue weighted by molar-refractivity contribution is 6.07. The number of nitrogens with two attached hydrogens (primary N) is 1. The van der Waals surface area contributed by atoms with Crippen LogP contribution in [0.1, 0.15) is 12.2 Å². The van der Waals surface area contributed by atoms with Crippen molar-refractivity contribution in [3.8, 4) is 11.1 Å². The first-order valence-corrected chi connectivity index (χ1v) is 7.83. The second-order valence-corrected chi connectivity index (χ2v) is 5.87. The largest absolute Gasteiger partial charge is 0.396 e. The van der Waals surface area contributed by atoms with Crippen molar-refractivity contribution < 1.29 is 5.11 Å². The molecule has 1 aromatic carbocycles. The molecule has 3 aromatic heterocycles. The van der Waals surface area contributed by atoms with Crippen LogP contribution in [0.3, 0.4) is 0 Å². The van der Waals surface area contributed by atoms with Gasteiger partial charge in [-0.05, 0) is 24.1 Å². The predicted molar refractivity (Wildman–Crippen MR) is 93.4 cm³/mol.